The number of anilines is 1. The van der Waals surface area contributed by atoms with Crippen molar-refractivity contribution in [3.05, 3.63) is 40.0 Å². The normalized spacial score (nSPS) is 10.6. The second-order valence-corrected chi connectivity index (χ2v) is 4.04. The number of benzene rings is 1. The molecular weight excluding hydrogens is 233 g/mol. The van der Waals surface area contributed by atoms with Gasteiger partial charge in [-0.25, -0.2) is 4.68 Å². The number of aromatic nitrogens is 2. The van der Waals surface area contributed by atoms with E-state index in [1.54, 1.807) is 22.9 Å². The second-order valence-electron chi connectivity index (χ2n) is 3.22. The van der Waals surface area contributed by atoms with E-state index in [0.717, 1.165) is 11.4 Å². The molecule has 78 valence electrons. The van der Waals surface area contributed by atoms with Crippen molar-refractivity contribution < 1.29 is 0 Å². The summed E-state index contributed by atoms with van der Waals surface area (Å²) in [6, 6.07) is 7.06. The first kappa shape index (κ1) is 10.3. The summed E-state index contributed by atoms with van der Waals surface area (Å²) in [7, 11) is 0. The van der Waals surface area contributed by atoms with Crippen LogP contribution in [0.5, 0.6) is 0 Å². The van der Waals surface area contributed by atoms with Crippen molar-refractivity contribution in [3.8, 4) is 5.69 Å². The van der Waals surface area contributed by atoms with E-state index in [1.165, 1.54) is 0 Å². The van der Waals surface area contributed by atoms with Crippen LogP contribution in [0.25, 0.3) is 5.69 Å². The van der Waals surface area contributed by atoms with Crippen LogP contribution in [0.3, 0.4) is 0 Å². The predicted molar refractivity (Wildman–Crippen MR) is 62.7 cm³/mol. The molecule has 3 nitrogen and oxygen atoms in total. The van der Waals surface area contributed by atoms with Crippen LogP contribution in [0.4, 0.5) is 5.82 Å². The Hall–Kier alpha value is -1.19. The Morgan fingerprint density at radius 1 is 1.20 bits per heavy atom. The summed E-state index contributed by atoms with van der Waals surface area (Å²) < 4.78 is 1.62. The van der Waals surface area contributed by atoms with Crippen molar-refractivity contribution in [2.75, 3.05) is 5.73 Å². The Morgan fingerprint density at radius 3 is 2.47 bits per heavy atom. The molecule has 1 heterocycles. The molecule has 0 unspecified atom stereocenters. The van der Waals surface area contributed by atoms with Gasteiger partial charge in [0, 0.05) is 6.07 Å². The zero-order valence-electron chi connectivity index (χ0n) is 8.04. The first-order valence-electron chi connectivity index (χ1n) is 4.35. The number of nitrogens with zero attached hydrogens (tertiary/aromatic N) is 2. The quantitative estimate of drug-likeness (QED) is 0.835. The molecule has 0 saturated carbocycles. The topological polar surface area (TPSA) is 43.8 Å². The summed E-state index contributed by atoms with van der Waals surface area (Å²) in [5.41, 5.74) is 7.45. The number of halogens is 2. The number of rotatable bonds is 1. The van der Waals surface area contributed by atoms with Gasteiger partial charge in [0.15, 0.2) is 0 Å². The smallest absolute Gasteiger partial charge is 0.127 e. The van der Waals surface area contributed by atoms with Gasteiger partial charge >= 0.3 is 0 Å². The lowest BCUT2D eigenvalue weighted by atomic mass is 10.3. The third-order valence-corrected chi connectivity index (χ3v) is 2.75. The van der Waals surface area contributed by atoms with Gasteiger partial charge in [0.1, 0.15) is 5.82 Å². The summed E-state index contributed by atoms with van der Waals surface area (Å²) in [4.78, 5) is 0. The van der Waals surface area contributed by atoms with Gasteiger partial charge in [-0.05, 0) is 25.1 Å². The van der Waals surface area contributed by atoms with Crippen LogP contribution >= 0.6 is 23.2 Å². The summed E-state index contributed by atoms with van der Waals surface area (Å²) in [6.07, 6.45) is 0. The van der Waals surface area contributed by atoms with Gasteiger partial charge in [-0.1, -0.05) is 23.2 Å². The molecule has 0 amide bonds. The molecule has 0 spiro atoms. The van der Waals surface area contributed by atoms with Crippen molar-refractivity contribution in [2.45, 2.75) is 6.92 Å². The number of nitrogen functional groups attached to an aromatic ring is 1. The molecule has 5 heteroatoms. The molecule has 0 aliphatic rings. The molecule has 0 saturated heterocycles. The fraction of sp³-hybridized carbons (Fsp3) is 0.100. The maximum absolute atomic E-state index is 5.91. The van der Waals surface area contributed by atoms with Crippen LogP contribution in [0.2, 0.25) is 10.0 Å². The van der Waals surface area contributed by atoms with E-state index < -0.39 is 0 Å². The van der Waals surface area contributed by atoms with Crippen molar-refractivity contribution >= 4 is 29.0 Å². The zero-order chi connectivity index (χ0) is 11.0. The van der Waals surface area contributed by atoms with Gasteiger partial charge < -0.3 is 5.73 Å². The van der Waals surface area contributed by atoms with Crippen molar-refractivity contribution in [2.24, 2.45) is 0 Å². The van der Waals surface area contributed by atoms with E-state index in [0.29, 0.717) is 15.9 Å². The van der Waals surface area contributed by atoms with Crippen molar-refractivity contribution in [3.63, 3.8) is 0 Å². The molecule has 2 rings (SSSR count). The Kier molecular flexibility index (Phi) is 2.59. The largest absolute Gasteiger partial charge is 0.384 e. The average Bonchev–Trinajstić information content (AvgIpc) is 2.50. The SMILES string of the molecule is Cc1cc(N)n(-c2ccc(Cl)c(Cl)c2)n1. The van der Waals surface area contributed by atoms with E-state index >= 15 is 0 Å². The van der Waals surface area contributed by atoms with Crippen molar-refractivity contribution in [1.82, 2.24) is 9.78 Å². The molecular formula is C10H9Cl2N3. The van der Waals surface area contributed by atoms with Crippen LogP contribution in [-0.4, -0.2) is 9.78 Å². The van der Waals surface area contributed by atoms with Gasteiger partial charge in [-0.2, -0.15) is 5.10 Å². The van der Waals surface area contributed by atoms with E-state index in [-0.39, 0.29) is 0 Å². The zero-order valence-corrected chi connectivity index (χ0v) is 9.55. The van der Waals surface area contributed by atoms with Gasteiger partial charge in [-0.3, -0.25) is 0 Å². The fourth-order valence-electron chi connectivity index (χ4n) is 1.34. The lowest BCUT2D eigenvalue weighted by molar-refractivity contribution is 0.872. The van der Waals surface area contributed by atoms with Gasteiger partial charge in [0.2, 0.25) is 0 Å². The van der Waals surface area contributed by atoms with Crippen LogP contribution in [0.15, 0.2) is 24.3 Å². The Morgan fingerprint density at radius 2 is 1.93 bits per heavy atom. The molecule has 2 N–H and O–H groups in total. The predicted octanol–water partition coefficient (Wildman–Crippen LogP) is 3.07. The Bertz CT molecular complexity index is 505. The first-order valence-corrected chi connectivity index (χ1v) is 5.11. The first-order chi connectivity index (χ1) is 7.08. The minimum Gasteiger partial charge on any atom is -0.384 e. The van der Waals surface area contributed by atoms with Crippen LogP contribution in [0.1, 0.15) is 5.69 Å². The van der Waals surface area contributed by atoms with E-state index in [9.17, 15) is 0 Å². The van der Waals surface area contributed by atoms with E-state index in [4.69, 9.17) is 28.9 Å². The number of hydrogen-bond donors (Lipinski definition) is 1. The number of aryl methyl sites for hydroxylation is 1. The molecule has 1 aromatic heterocycles. The van der Waals surface area contributed by atoms with E-state index in [1.807, 2.05) is 13.0 Å². The lowest BCUT2D eigenvalue weighted by Crippen LogP contribution is -2.01. The standard InChI is InChI=1S/C10H9Cl2N3/c1-6-4-10(13)15(14-6)7-2-3-8(11)9(12)5-7/h2-5H,13H2,1H3. The Balaban J connectivity index is 2.54. The highest BCUT2D eigenvalue weighted by Crippen LogP contribution is 2.25. The van der Waals surface area contributed by atoms with Crippen molar-refractivity contribution in [1.29, 1.82) is 0 Å². The number of hydrogen-bond acceptors (Lipinski definition) is 2. The third kappa shape index (κ3) is 1.94. The maximum Gasteiger partial charge on any atom is 0.127 e. The maximum atomic E-state index is 5.91. The lowest BCUT2D eigenvalue weighted by Gasteiger charge is -2.04. The molecule has 0 bridgehead atoms. The summed E-state index contributed by atoms with van der Waals surface area (Å²) in [5.74, 6) is 0.575. The van der Waals surface area contributed by atoms with E-state index in [2.05, 4.69) is 5.10 Å². The molecule has 2 aromatic rings. The highest BCUT2D eigenvalue weighted by Gasteiger charge is 2.06. The minimum atomic E-state index is 0.488. The highest BCUT2D eigenvalue weighted by molar-refractivity contribution is 6.42. The molecule has 15 heavy (non-hydrogen) atoms. The molecule has 0 atom stereocenters. The highest BCUT2D eigenvalue weighted by atomic mass is 35.5. The Labute approximate surface area is 97.4 Å². The minimum absolute atomic E-state index is 0.488. The van der Waals surface area contributed by atoms with Crippen LogP contribution in [0, 0.1) is 6.92 Å². The monoisotopic (exact) mass is 241 g/mol. The van der Waals surface area contributed by atoms with Crippen LogP contribution < -0.4 is 5.73 Å². The average molecular weight is 242 g/mol. The van der Waals surface area contributed by atoms with Gasteiger partial charge in [0.25, 0.3) is 0 Å². The summed E-state index contributed by atoms with van der Waals surface area (Å²) >= 11 is 11.7. The summed E-state index contributed by atoms with van der Waals surface area (Å²) in [5, 5.41) is 5.25. The van der Waals surface area contributed by atoms with Gasteiger partial charge in [0.05, 0.1) is 21.4 Å². The van der Waals surface area contributed by atoms with Crippen LogP contribution in [-0.2, 0) is 0 Å². The second kappa shape index (κ2) is 3.76. The fourth-order valence-corrected chi connectivity index (χ4v) is 1.64. The molecule has 0 fully saturated rings. The summed E-state index contributed by atoms with van der Waals surface area (Å²) in [6.45, 7) is 1.88. The number of nitrogens with two attached hydrogens (primary N) is 1. The third-order valence-electron chi connectivity index (χ3n) is 2.01. The molecule has 0 aliphatic heterocycles. The molecule has 1 aromatic carbocycles. The molecule has 0 radical (unpaired) electrons. The molecule has 0 aliphatic carbocycles. The van der Waals surface area contributed by atoms with Gasteiger partial charge in [-0.15, -0.1) is 0 Å².